The molecule has 5 heterocycles. The van der Waals surface area contributed by atoms with Crippen LogP contribution in [0.3, 0.4) is 0 Å². The fourth-order valence-corrected chi connectivity index (χ4v) is 8.23. The van der Waals surface area contributed by atoms with Gasteiger partial charge in [-0.3, -0.25) is 8.80 Å². The molecule has 6 aromatic carbocycles. The van der Waals surface area contributed by atoms with Crippen molar-refractivity contribution < 1.29 is 4.74 Å². The molecule has 0 aliphatic rings. The van der Waals surface area contributed by atoms with Crippen molar-refractivity contribution in [2.24, 2.45) is 0 Å². The summed E-state index contributed by atoms with van der Waals surface area (Å²) in [6, 6.07) is 46.5. The van der Waals surface area contributed by atoms with Gasteiger partial charge in [0.05, 0.1) is 27.6 Å². The Morgan fingerprint density at radius 2 is 1.06 bits per heavy atom. The molecule has 0 unspecified atom stereocenters. The molecule has 6 heteroatoms. The average molecular weight is 656 g/mol. The van der Waals surface area contributed by atoms with Crippen LogP contribution in [0.25, 0.3) is 88.0 Å². The molecule has 11 aromatic rings. The highest BCUT2D eigenvalue weighted by atomic mass is 16.5. The second-order valence-electron chi connectivity index (χ2n) is 13.4. The standard InChI is InChI=1S/C45H29N5O/c1-26-10-7-11-27(2)41(26)34-13-8-12-32-30-21-19-28(24-35(30)44-47-37-15-3-5-17-39(37)49(44)42(32)34)51-29-20-22-31-33-14-9-23-46-43(33)50-40-18-6-4-16-38(40)48-45(50)36(31)25-29/h3-25H,1-2H3. The fourth-order valence-electron chi connectivity index (χ4n) is 8.23. The summed E-state index contributed by atoms with van der Waals surface area (Å²) < 4.78 is 11.2. The highest BCUT2D eigenvalue weighted by Gasteiger charge is 2.20. The molecule has 6 nitrogen and oxygen atoms in total. The highest BCUT2D eigenvalue weighted by molar-refractivity contribution is 6.17. The SMILES string of the molecule is Cc1cccc(C)c1-c1cccc2c3ccc(Oc4ccc5c6cccnc6n6c7ccccc7nc6c5c4)cc3c3nc4ccccc4n3c12. The van der Waals surface area contributed by atoms with E-state index in [1.807, 2.05) is 36.5 Å². The maximum atomic E-state index is 6.70. The minimum atomic E-state index is 0.738. The molecule has 5 aromatic heterocycles. The van der Waals surface area contributed by atoms with Gasteiger partial charge in [-0.1, -0.05) is 60.7 Å². The summed E-state index contributed by atoms with van der Waals surface area (Å²) in [5.74, 6) is 1.48. The van der Waals surface area contributed by atoms with Crippen molar-refractivity contribution in [3.8, 4) is 22.6 Å². The van der Waals surface area contributed by atoms with Crippen LogP contribution in [0, 0.1) is 13.8 Å². The monoisotopic (exact) mass is 655 g/mol. The lowest BCUT2D eigenvalue weighted by Gasteiger charge is -2.17. The lowest BCUT2D eigenvalue weighted by atomic mass is 9.92. The quantitative estimate of drug-likeness (QED) is 0.178. The van der Waals surface area contributed by atoms with E-state index in [-0.39, 0.29) is 0 Å². The van der Waals surface area contributed by atoms with Gasteiger partial charge in [-0.15, -0.1) is 0 Å². The molecule has 0 atom stereocenters. The zero-order valence-electron chi connectivity index (χ0n) is 27.9. The predicted molar refractivity (Wildman–Crippen MR) is 208 cm³/mol. The molecule has 0 aliphatic heterocycles. The molecule has 0 saturated heterocycles. The van der Waals surface area contributed by atoms with Gasteiger partial charge in [-0.05, 0) is 114 Å². The Bertz CT molecular complexity index is 3240. The molecule has 240 valence electrons. The van der Waals surface area contributed by atoms with Gasteiger partial charge in [0.25, 0.3) is 0 Å². The predicted octanol–water partition coefficient (Wildman–Crippen LogP) is 11.4. The van der Waals surface area contributed by atoms with Crippen LogP contribution < -0.4 is 4.74 Å². The van der Waals surface area contributed by atoms with Gasteiger partial charge < -0.3 is 4.74 Å². The van der Waals surface area contributed by atoms with Crippen molar-refractivity contribution in [1.29, 1.82) is 0 Å². The van der Waals surface area contributed by atoms with Crippen LogP contribution in [-0.4, -0.2) is 23.8 Å². The molecule has 0 aliphatic carbocycles. The van der Waals surface area contributed by atoms with Crippen molar-refractivity contribution in [2.45, 2.75) is 13.8 Å². The van der Waals surface area contributed by atoms with Gasteiger partial charge in [-0.25, -0.2) is 15.0 Å². The first kappa shape index (κ1) is 28.1. The number of rotatable bonds is 3. The maximum absolute atomic E-state index is 6.70. The first-order valence-electron chi connectivity index (χ1n) is 17.2. The summed E-state index contributed by atoms with van der Waals surface area (Å²) in [4.78, 5) is 15.1. The Hall–Kier alpha value is -6.79. The molecular formula is C45H29N5O. The first-order valence-corrected chi connectivity index (χ1v) is 17.2. The van der Waals surface area contributed by atoms with E-state index in [0.717, 1.165) is 83.0 Å². The Balaban J connectivity index is 1.14. The van der Waals surface area contributed by atoms with E-state index in [4.69, 9.17) is 19.7 Å². The summed E-state index contributed by atoms with van der Waals surface area (Å²) in [5, 5.41) is 6.51. The number of nitrogens with zero attached hydrogens (tertiary/aromatic N) is 5. The Morgan fingerprint density at radius 1 is 0.471 bits per heavy atom. The summed E-state index contributed by atoms with van der Waals surface area (Å²) in [6.45, 7) is 4.39. The van der Waals surface area contributed by atoms with Gasteiger partial charge >= 0.3 is 0 Å². The number of ether oxygens (including phenoxy) is 1. The van der Waals surface area contributed by atoms with E-state index in [9.17, 15) is 0 Å². The van der Waals surface area contributed by atoms with Gasteiger partial charge in [-0.2, -0.15) is 0 Å². The number of aryl methyl sites for hydroxylation is 2. The molecule has 51 heavy (non-hydrogen) atoms. The number of benzene rings is 6. The van der Waals surface area contributed by atoms with Crippen LogP contribution in [0.1, 0.15) is 11.1 Å². The number of fused-ring (bicyclic) bond motifs is 16. The number of aromatic nitrogens is 5. The van der Waals surface area contributed by atoms with Gasteiger partial charge in [0.1, 0.15) is 28.4 Å². The third kappa shape index (κ3) is 3.96. The molecule has 0 bridgehead atoms. The molecule has 0 spiro atoms. The molecule has 0 N–H and O–H groups in total. The van der Waals surface area contributed by atoms with Crippen molar-refractivity contribution in [3.05, 3.63) is 151 Å². The van der Waals surface area contributed by atoms with Gasteiger partial charge in [0.2, 0.25) is 0 Å². The molecule has 0 amide bonds. The average Bonchev–Trinajstić information content (AvgIpc) is 3.75. The van der Waals surface area contributed by atoms with E-state index in [1.54, 1.807) is 0 Å². The van der Waals surface area contributed by atoms with Gasteiger partial charge in [0.15, 0.2) is 0 Å². The smallest absolute Gasteiger partial charge is 0.147 e. The largest absolute Gasteiger partial charge is 0.457 e. The summed E-state index contributed by atoms with van der Waals surface area (Å²) >= 11 is 0. The maximum Gasteiger partial charge on any atom is 0.147 e. The zero-order valence-corrected chi connectivity index (χ0v) is 27.9. The van der Waals surface area contributed by atoms with E-state index < -0.39 is 0 Å². The fraction of sp³-hybridized carbons (Fsp3) is 0.0444. The van der Waals surface area contributed by atoms with Crippen molar-refractivity contribution in [1.82, 2.24) is 23.8 Å². The highest BCUT2D eigenvalue weighted by Crippen LogP contribution is 2.41. The van der Waals surface area contributed by atoms with E-state index in [0.29, 0.717) is 0 Å². The number of para-hydroxylation sites is 5. The van der Waals surface area contributed by atoms with Crippen molar-refractivity contribution in [2.75, 3.05) is 0 Å². The van der Waals surface area contributed by atoms with E-state index in [1.165, 1.54) is 27.6 Å². The first-order chi connectivity index (χ1) is 25.1. The number of hydrogen-bond acceptors (Lipinski definition) is 4. The van der Waals surface area contributed by atoms with Gasteiger partial charge in [0, 0.05) is 33.3 Å². The second kappa shape index (κ2) is 10.4. The molecule has 11 rings (SSSR count). The van der Waals surface area contributed by atoms with Crippen molar-refractivity contribution in [3.63, 3.8) is 0 Å². The van der Waals surface area contributed by atoms with Crippen LogP contribution in [0.5, 0.6) is 11.5 Å². The van der Waals surface area contributed by atoms with Crippen molar-refractivity contribution >= 4 is 76.8 Å². The summed E-state index contributed by atoms with van der Waals surface area (Å²) in [6.07, 6.45) is 1.84. The minimum Gasteiger partial charge on any atom is -0.457 e. The van der Waals surface area contributed by atoms with Crippen LogP contribution in [0.15, 0.2) is 140 Å². The molecule has 0 radical (unpaired) electrons. The van der Waals surface area contributed by atoms with Crippen LogP contribution in [0.4, 0.5) is 0 Å². The van der Waals surface area contributed by atoms with Crippen LogP contribution >= 0.6 is 0 Å². The topological polar surface area (TPSA) is 56.7 Å². The van der Waals surface area contributed by atoms with E-state index >= 15 is 0 Å². The second-order valence-corrected chi connectivity index (χ2v) is 13.4. The van der Waals surface area contributed by atoms with E-state index in [2.05, 4.69) is 126 Å². The molecule has 0 saturated carbocycles. The Labute approximate surface area is 291 Å². The normalized spacial score (nSPS) is 12.1. The Morgan fingerprint density at radius 3 is 1.76 bits per heavy atom. The number of imidazole rings is 2. The Kier molecular flexibility index (Phi) is 5.71. The molecular weight excluding hydrogens is 627 g/mol. The van der Waals surface area contributed by atoms with Crippen LogP contribution in [-0.2, 0) is 0 Å². The lowest BCUT2D eigenvalue weighted by molar-refractivity contribution is 0.484. The molecule has 0 fully saturated rings. The number of hydrogen-bond donors (Lipinski definition) is 0. The third-order valence-corrected chi connectivity index (χ3v) is 10.4. The minimum absolute atomic E-state index is 0.738. The van der Waals surface area contributed by atoms with Crippen LogP contribution in [0.2, 0.25) is 0 Å². The third-order valence-electron chi connectivity index (χ3n) is 10.4. The number of pyridine rings is 3. The summed E-state index contributed by atoms with van der Waals surface area (Å²) in [7, 11) is 0. The lowest BCUT2D eigenvalue weighted by Crippen LogP contribution is -1.97. The summed E-state index contributed by atoms with van der Waals surface area (Å²) in [5.41, 5.74) is 12.8. The zero-order chi connectivity index (χ0) is 33.8.